The first-order valence-electron chi connectivity index (χ1n) is 7.15. The number of aryl methyl sites for hydroxylation is 1. The molecule has 0 bridgehead atoms. The van der Waals surface area contributed by atoms with Crippen molar-refractivity contribution >= 4 is 40.2 Å². The van der Waals surface area contributed by atoms with Crippen molar-refractivity contribution < 1.29 is 14.3 Å². The van der Waals surface area contributed by atoms with Crippen molar-refractivity contribution in [1.29, 1.82) is 0 Å². The Morgan fingerprint density at radius 1 is 1.21 bits per heavy atom. The zero-order chi connectivity index (χ0) is 16.9. The summed E-state index contributed by atoms with van der Waals surface area (Å²) < 4.78 is 5.25. The maximum atomic E-state index is 12.1. The van der Waals surface area contributed by atoms with Crippen LogP contribution in [0.3, 0.4) is 0 Å². The van der Waals surface area contributed by atoms with Gasteiger partial charge >= 0.3 is 5.97 Å². The van der Waals surface area contributed by atoms with E-state index in [1.54, 1.807) is 30.3 Å². The molecular weight excluding hydrogens is 344 g/mol. The first kappa shape index (κ1) is 16.4. The van der Waals surface area contributed by atoms with E-state index in [1.165, 1.54) is 22.7 Å². The van der Waals surface area contributed by atoms with Gasteiger partial charge in [-0.25, -0.2) is 9.78 Å². The molecule has 24 heavy (non-hydrogen) atoms. The summed E-state index contributed by atoms with van der Waals surface area (Å²) in [7, 11) is 0. The predicted octanol–water partition coefficient (Wildman–Crippen LogP) is 4.12. The number of amides is 1. The van der Waals surface area contributed by atoms with Crippen LogP contribution in [-0.2, 0) is 11.3 Å². The van der Waals surface area contributed by atoms with Crippen LogP contribution in [0.25, 0.3) is 0 Å². The average molecular weight is 358 g/mol. The summed E-state index contributed by atoms with van der Waals surface area (Å²) in [5.41, 5.74) is 1.66. The van der Waals surface area contributed by atoms with E-state index >= 15 is 0 Å². The molecule has 0 radical (unpaired) electrons. The first-order chi connectivity index (χ1) is 11.6. The number of nitrogens with zero attached hydrogens (tertiary/aromatic N) is 1. The topological polar surface area (TPSA) is 68.3 Å². The highest BCUT2D eigenvalue weighted by molar-refractivity contribution is 7.12. The highest BCUT2D eigenvalue weighted by Gasteiger charge is 2.11. The van der Waals surface area contributed by atoms with Gasteiger partial charge in [0.15, 0.2) is 0 Å². The van der Waals surface area contributed by atoms with Crippen molar-refractivity contribution in [1.82, 2.24) is 4.98 Å². The third kappa shape index (κ3) is 4.06. The molecule has 7 heteroatoms. The normalized spacial score (nSPS) is 10.4. The minimum Gasteiger partial charge on any atom is -0.456 e. The van der Waals surface area contributed by atoms with Crippen molar-refractivity contribution in [3.05, 3.63) is 68.3 Å². The van der Waals surface area contributed by atoms with Gasteiger partial charge in [0.05, 0.1) is 21.1 Å². The summed E-state index contributed by atoms with van der Waals surface area (Å²) in [5.74, 6) is -0.652. The Hall–Kier alpha value is -2.51. The third-order valence-corrected chi connectivity index (χ3v) is 4.81. The molecular formula is C17H14N2O3S2. The molecule has 0 saturated heterocycles. The predicted molar refractivity (Wildman–Crippen MR) is 94.7 cm³/mol. The van der Waals surface area contributed by atoms with Gasteiger partial charge in [-0.2, -0.15) is 0 Å². The zero-order valence-corrected chi connectivity index (χ0v) is 14.4. The van der Waals surface area contributed by atoms with Crippen LogP contribution in [0.5, 0.6) is 0 Å². The Morgan fingerprint density at radius 3 is 2.79 bits per heavy atom. The molecule has 5 nitrogen and oxygen atoms in total. The van der Waals surface area contributed by atoms with Gasteiger partial charge in [-0.15, -0.1) is 22.7 Å². The number of carbonyl (C=O) groups is 2. The van der Waals surface area contributed by atoms with E-state index in [0.717, 1.165) is 10.7 Å². The molecule has 0 atom stereocenters. The molecule has 0 aliphatic carbocycles. The van der Waals surface area contributed by atoms with Gasteiger partial charge in [0.25, 0.3) is 5.91 Å². The maximum absolute atomic E-state index is 12.1. The fraction of sp³-hybridized carbons (Fsp3) is 0.118. The number of esters is 1. The third-order valence-electron chi connectivity index (χ3n) is 3.12. The SMILES string of the molecule is Cc1nc(COC(=O)c2cccc(NC(=O)c3cccs3)c2)cs1. The number of benzene rings is 1. The summed E-state index contributed by atoms with van der Waals surface area (Å²) in [4.78, 5) is 29.0. The Labute approximate surface area is 146 Å². The number of ether oxygens (including phenoxy) is 1. The Morgan fingerprint density at radius 2 is 2.08 bits per heavy atom. The molecule has 0 spiro atoms. The largest absolute Gasteiger partial charge is 0.456 e. The molecule has 2 heterocycles. The fourth-order valence-corrected chi connectivity index (χ4v) is 3.24. The van der Waals surface area contributed by atoms with Crippen LogP contribution < -0.4 is 5.32 Å². The lowest BCUT2D eigenvalue weighted by atomic mass is 10.2. The van der Waals surface area contributed by atoms with E-state index in [2.05, 4.69) is 10.3 Å². The Bertz CT molecular complexity index is 856. The minimum absolute atomic E-state index is 0.134. The zero-order valence-electron chi connectivity index (χ0n) is 12.8. The van der Waals surface area contributed by atoms with Gasteiger partial charge < -0.3 is 10.1 Å². The van der Waals surface area contributed by atoms with Crippen LogP contribution in [0, 0.1) is 6.92 Å². The molecule has 1 amide bonds. The monoisotopic (exact) mass is 358 g/mol. The summed E-state index contributed by atoms with van der Waals surface area (Å²) in [6, 6.07) is 10.2. The van der Waals surface area contributed by atoms with Gasteiger partial charge in [0.2, 0.25) is 0 Å². The second-order valence-corrected chi connectivity index (χ2v) is 6.96. The van der Waals surface area contributed by atoms with Gasteiger partial charge in [0.1, 0.15) is 6.61 Å². The van der Waals surface area contributed by atoms with E-state index in [9.17, 15) is 9.59 Å². The minimum atomic E-state index is -0.451. The van der Waals surface area contributed by atoms with Crippen molar-refractivity contribution in [2.45, 2.75) is 13.5 Å². The molecule has 3 aromatic rings. The van der Waals surface area contributed by atoms with Crippen LogP contribution in [0.15, 0.2) is 47.2 Å². The number of hydrogen-bond acceptors (Lipinski definition) is 6. The fourth-order valence-electron chi connectivity index (χ4n) is 2.02. The molecule has 122 valence electrons. The number of nitrogens with one attached hydrogen (secondary N) is 1. The summed E-state index contributed by atoms with van der Waals surface area (Å²) >= 11 is 2.87. The first-order valence-corrected chi connectivity index (χ1v) is 8.91. The quantitative estimate of drug-likeness (QED) is 0.697. The van der Waals surface area contributed by atoms with Crippen molar-refractivity contribution in [3.63, 3.8) is 0 Å². The van der Waals surface area contributed by atoms with Crippen molar-refractivity contribution in [3.8, 4) is 0 Å². The van der Waals surface area contributed by atoms with E-state index in [-0.39, 0.29) is 12.5 Å². The average Bonchev–Trinajstić information content (AvgIpc) is 3.24. The second-order valence-electron chi connectivity index (χ2n) is 4.95. The standard InChI is InChI=1S/C17H14N2O3S2/c1-11-18-14(10-24-11)9-22-17(21)12-4-2-5-13(8-12)19-16(20)15-6-3-7-23-15/h2-8,10H,9H2,1H3,(H,19,20). The van der Waals surface area contributed by atoms with Gasteiger partial charge in [-0.05, 0) is 36.6 Å². The lowest BCUT2D eigenvalue weighted by Crippen LogP contribution is -2.11. The van der Waals surface area contributed by atoms with Crippen molar-refractivity contribution in [2.24, 2.45) is 0 Å². The van der Waals surface area contributed by atoms with E-state index in [1.807, 2.05) is 23.8 Å². The van der Waals surface area contributed by atoms with Crippen LogP contribution in [0.2, 0.25) is 0 Å². The molecule has 0 fully saturated rings. The lowest BCUT2D eigenvalue weighted by molar-refractivity contribution is 0.0468. The highest BCUT2D eigenvalue weighted by Crippen LogP contribution is 2.16. The van der Waals surface area contributed by atoms with Crippen LogP contribution >= 0.6 is 22.7 Å². The molecule has 2 aromatic heterocycles. The number of thiazole rings is 1. The van der Waals surface area contributed by atoms with Crippen LogP contribution in [-0.4, -0.2) is 16.9 Å². The molecule has 3 rings (SSSR count). The summed E-state index contributed by atoms with van der Waals surface area (Å²) in [6.45, 7) is 2.03. The van der Waals surface area contributed by atoms with Crippen molar-refractivity contribution in [2.75, 3.05) is 5.32 Å². The molecule has 1 aromatic carbocycles. The number of thiophene rings is 1. The number of aromatic nitrogens is 1. The molecule has 0 saturated carbocycles. The van der Waals surface area contributed by atoms with Crippen LogP contribution in [0.1, 0.15) is 30.7 Å². The molecule has 0 aliphatic heterocycles. The lowest BCUT2D eigenvalue weighted by Gasteiger charge is -2.07. The molecule has 1 N–H and O–H groups in total. The smallest absolute Gasteiger partial charge is 0.338 e. The van der Waals surface area contributed by atoms with Gasteiger partial charge in [-0.1, -0.05) is 12.1 Å². The maximum Gasteiger partial charge on any atom is 0.338 e. The molecule has 0 aliphatic rings. The summed E-state index contributed by atoms with van der Waals surface area (Å²) in [6.07, 6.45) is 0. The number of carbonyl (C=O) groups excluding carboxylic acids is 2. The molecule has 0 unspecified atom stereocenters. The van der Waals surface area contributed by atoms with Gasteiger partial charge in [-0.3, -0.25) is 4.79 Å². The highest BCUT2D eigenvalue weighted by atomic mass is 32.1. The number of anilines is 1. The Kier molecular flexibility index (Phi) is 5.02. The van der Waals surface area contributed by atoms with E-state index < -0.39 is 5.97 Å². The van der Waals surface area contributed by atoms with Crippen LogP contribution in [0.4, 0.5) is 5.69 Å². The summed E-state index contributed by atoms with van der Waals surface area (Å²) in [5, 5.41) is 7.40. The Balaban J connectivity index is 1.63. The number of hydrogen-bond donors (Lipinski definition) is 1. The number of rotatable bonds is 5. The second kappa shape index (κ2) is 7.37. The van der Waals surface area contributed by atoms with Gasteiger partial charge in [0, 0.05) is 11.1 Å². The van der Waals surface area contributed by atoms with E-state index in [4.69, 9.17) is 4.74 Å². The van der Waals surface area contributed by atoms with E-state index in [0.29, 0.717) is 16.1 Å².